The molecule has 1 amide bonds. The number of carbonyl (C=O) groups excluding carboxylic acids is 1. The first-order valence-electron chi connectivity index (χ1n) is 7.32. The average molecular weight is 286 g/mol. The van der Waals surface area contributed by atoms with Crippen molar-refractivity contribution in [3.8, 4) is 0 Å². The Kier molecular flexibility index (Phi) is 5.59. The maximum Gasteiger partial charge on any atom is 0.236 e. The van der Waals surface area contributed by atoms with E-state index in [0.29, 0.717) is 5.92 Å². The van der Waals surface area contributed by atoms with Crippen molar-refractivity contribution in [2.24, 2.45) is 17.7 Å². The number of hydrazine groups is 1. The van der Waals surface area contributed by atoms with Crippen molar-refractivity contribution in [3.63, 3.8) is 0 Å². The Morgan fingerprint density at radius 3 is 2.21 bits per heavy atom. The van der Waals surface area contributed by atoms with Crippen LogP contribution in [0.3, 0.4) is 0 Å². The molecule has 0 atom stereocenters. The fourth-order valence-corrected chi connectivity index (χ4v) is 3.34. The highest BCUT2D eigenvalue weighted by molar-refractivity contribution is 6.74. The van der Waals surface area contributed by atoms with Crippen molar-refractivity contribution < 1.29 is 9.22 Å². The summed E-state index contributed by atoms with van der Waals surface area (Å²) in [7, 11) is -1.63. The minimum Gasteiger partial charge on any atom is -0.417 e. The lowest BCUT2D eigenvalue weighted by Gasteiger charge is -2.38. The summed E-state index contributed by atoms with van der Waals surface area (Å²) >= 11 is 0. The van der Waals surface area contributed by atoms with E-state index in [9.17, 15) is 4.79 Å². The van der Waals surface area contributed by atoms with Crippen molar-refractivity contribution in [2.75, 3.05) is 6.61 Å². The van der Waals surface area contributed by atoms with Crippen LogP contribution in [0, 0.1) is 11.8 Å². The molecule has 1 rings (SSSR count). The fraction of sp³-hybridized carbons (Fsp3) is 0.929. The fourth-order valence-electron chi connectivity index (χ4n) is 2.25. The van der Waals surface area contributed by atoms with Gasteiger partial charge < -0.3 is 4.43 Å². The van der Waals surface area contributed by atoms with Crippen LogP contribution >= 0.6 is 0 Å². The van der Waals surface area contributed by atoms with Crippen molar-refractivity contribution in [2.45, 2.75) is 64.6 Å². The summed E-state index contributed by atoms with van der Waals surface area (Å²) < 4.78 is 6.27. The second-order valence-corrected chi connectivity index (χ2v) is 12.1. The zero-order chi connectivity index (χ0) is 14.7. The molecule has 0 bridgehead atoms. The topological polar surface area (TPSA) is 64.3 Å². The van der Waals surface area contributed by atoms with Gasteiger partial charge in [-0.3, -0.25) is 10.2 Å². The van der Waals surface area contributed by atoms with Gasteiger partial charge in [-0.15, -0.1) is 0 Å². The highest BCUT2D eigenvalue weighted by Crippen LogP contribution is 2.38. The summed E-state index contributed by atoms with van der Waals surface area (Å²) in [5, 5.41) is 0.267. The van der Waals surface area contributed by atoms with Gasteiger partial charge in [0.05, 0.1) is 0 Å². The Bertz CT molecular complexity index is 305. The van der Waals surface area contributed by atoms with E-state index in [-0.39, 0.29) is 16.9 Å². The molecule has 1 aliphatic rings. The Labute approximate surface area is 118 Å². The third-order valence-corrected chi connectivity index (χ3v) is 9.35. The zero-order valence-corrected chi connectivity index (χ0v) is 14.1. The number of nitrogens with one attached hydrogen (secondary N) is 1. The Hall–Kier alpha value is -0.393. The van der Waals surface area contributed by atoms with Gasteiger partial charge in [-0.1, -0.05) is 20.8 Å². The maximum absolute atomic E-state index is 11.5. The van der Waals surface area contributed by atoms with Gasteiger partial charge in [-0.05, 0) is 49.7 Å². The van der Waals surface area contributed by atoms with Crippen LogP contribution in [0.5, 0.6) is 0 Å². The largest absolute Gasteiger partial charge is 0.417 e. The molecule has 1 aliphatic carbocycles. The molecule has 3 N–H and O–H groups in total. The van der Waals surface area contributed by atoms with Crippen LogP contribution in [-0.2, 0) is 9.22 Å². The van der Waals surface area contributed by atoms with E-state index < -0.39 is 8.32 Å². The summed E-state index contributed by atoms with van der Waals surface area (Å²) in [5.41, 5.74) is 2.26. The number of hydrogen-bond acceptors (Lipinski definition) is 3. The molecule has 0 aromatic heterocycles. The van der Waals surface area contributed by atoms with E-state index in [1.54, 1.807) is 0 Å². The van der Waals surface area contributed by atoms with Crippen LogP contribution in [0.25, 0.3) is 0 Å². The van der Waals surface area contributed by atoms with Gasteiger partial charge in [0.15, 0.2) is 8.32 Å². The number of carbonyl (C=O) groups is 1. The lowest BCUT2D eigenvalue weighted by Crippen LogP contribution is -2.42. The maximum atomic E-state index is 11.5. The lowest BCUT2D eigenvalue weighted by atomic mass is 9.82. The molecule has 0 aromatic carbocycles. The lowest BCUT2D eigenvalue weighted by molar-refractivity contribution is -0.126. The van der Waals surface area contributed by atoms with E-state index >= 15 is 0 Å². The molecular weight excluding hydrogens is 256 g/mol. The standard InChI is InChI=1S/C14H30N2O2Si/c1-14(2,3)19(4,5)18-10-11-6-8-12(9-7-11)13(17)16-15/h11-12H,6-10,15H2,1-5H3,(H,16,17). The van der Waals surface area contributed by atoms with E-state index in [1.165, 1.54) is 0 Å². The van der Waals surface area contributed by atoms with Gasteiger partial charge in [0.2, 0.25) is 5.91 Å². The average Bonchev–Trinajstić information content (AvgIpc) is 2.35. The molecule has 0 heterocycles. The predicted octanol–water partition coefficient (Wildman–Crippen LogP) is 2.80. The highest BCUT2D eigenvalue weighted by atomic mass is 28.4. The molecule has 0 spiro atoms. The smallest absolute Gasteiger partial charge is 0.236 e. The second kappa shape index (κ2) is 6.37. The van der Waals surface area contributed by atoms with Crippen LogP contribution in [0.1, 0.15) is 46.5 Å². The van der Waals surface area contributed by atoms with Gasteiger partial charge >= 0.3 is 0 Å². The van der Waals surface area contributed by atoms with Gasteiger partial charge in [-0.2, -0.15) is 0 Å². The van der Waals surface area contributed by atoms with Crippen molar-refractivity contribution >= 4 is 14.2 Å². The highest BCUT2D eigenvalue weighted by Gasteiger charge is 2.38. The third-order valence-electron chi connectivity index (χ3n) is 4.85. The molecule has 0 saturated heterocycles. The molecule has 1 fully saturated rings. The summed E-state index contributed by atoms with van der Waals surface area (Å²) in [5.74, 6) is 5.89. The molecule has 0 aromatic rings. The molecule has 0 radical (unpaired) electrons. The molecule has 0 unspecified atom stereocenters. The van der Waals surface area contributed by atoms with Crippen LogP contribution < -0.4 is 11.3 Å². The van der Waals surface area contributed by atoms with Crippen LogP contribution in [0.2, 0.25) is 18.1 Å². The van der Waals surface area contributed by atoms with Crippen molar-refractivity contribution in [3.05, 3.63) is 0 Å². The number of rotatable bonds is 4. The van der Waals surface area contributed by atoms with Gasteiger partial charge in [0.1, 0.15) is 0 Å². The Morgan fingerprint density at radius 2 is 1.79 bits per heavy atom. The van der Waals surface area contributed by atoms with E-state index in [2.05, 4.69) is 39.3 Å². The second-order valence-electron chi connectivity index (χ2n) is 7.30. The summed E-state index contributed by atoms with van der Waals surface area (Å²) in [4.78, 5) is 11.5. The SMILES string of the molecule is CC(C)(C)[Si](C)(C)OCC1CCC(C(=O)NN)CC1. The molecule has 1 saturated carbocycles. The third kappa shape index (κ3) is 4.58. The van der Waals surface area contributed by atoms with Gasteiger partial charge in [0, 0.05) is 12.5 Å². The Balaban J connectivity index is 2.36. The van der Waals surface area contributed by atoms with Crippen LogP contribution in [-0.4, -0.2) is 20.8 Å². The van der Waals surface area contributed by atoms with E-state index in [4.69, 9.17) is 10.3 Å². The van der Waals surface area contributed by atoms with Gasteiger partial charge in [-0.25, -0.2) is 5.84 Å². The van der Waals surface area contributed by atoms with E-state index in [0.717, 1.165) is 32.3 Å². The minimum absolute atomic E-state index is 0.0104. The van der Waals surface area contributed by atoms with Gasteiger partial charge in [0.25, 0.3) is 0 Å². The first kappa shape index (κ1) is 16.7. The number of amides is 1. The first-order chi connectivity index (χ1) is 8.67. The van der Waals surface area contributed by atoms with Crippen molar-refractivity contribution in [1.29, 1.82) is 0 Å². The quantitative estimate of drug-likeness (QED) is 0.361. The monoisotopic (exact) mass is 286 g/mol. The predicted molar refractivity (Wildman–Crippen MR) is 80.9 cm³/mol. The molecule has 112 valence electrons. The van der Waals surface area contributed by atoms with E-state index in [1.807, 2.05) is 0 Å². The molecule has 19 heavy (non-hydrogen) atoms. The van der Waals surface area contributed by atoms with Crippen LogP contribution in [0.15, 0.2) is 0 Å². The van der Waals surface area contributed by atoms with Crippen molar-refractivity contribution in [1.82, 2.24) is 5.43 Å². The first-order valence-corrected chi connectivity index (χ1v) is 10.2. The molecule has 5 heteroatoms. The number of hydrogen-bond donors (Lipinski definition) is 2. The van der Waals surface area contributed by atoms with Crippen LogP contribution in [0.4, 0.5) is 0 Å². The minimum atomic E-state index is -1.63. The normalized spacial score (nSPS) is 25.2. The summed E-state index contributed by atoms with van der Waals surface area (Å²) in [6.07, 6.45) is 4.03. The number of nitrogens with two attached hydrogens (primary N) is 1. The molecule has 4 nitrogen and oxygen atoms in total. The molecule has 0 aliphatic heterocycles. The Morgan fingerprint density at radius 1 is 1.26 bits per heavy atom. The molecular formula is C14H30N2O2Si. The summed E-state index contributed by atoms with van der Waals surface area (Å²) in [6.45, 7) is 12.2. The summed E-state index contributed by atoms with van der Waals surface area (Å²) in [6, 6.07) is 0. The zero-order valence-electron chi connectivity index (χ0n) is 13.1.